The van der Waals surface area contributed by atoms with Gasteiger partial charge >= 0.3 is 5.97 Å². The van der Waals surface area contributed by atoms with E-state index in [1.54, 1.807) is 0 Å². The third kappa shape index (κ3) is 3.24. The summed E-state index contributed by atoms with van der Waals surface area (Å²) in [5, 5.41) is 0. The first-order valence-electron chi connectivity index (χ1n) is 5.17. The predicted octanol–water partition coefficient (Wildman–Crippen LogP) is 1.43. The molecule has 0 amide bonds. The SMILES string of the molecule is COC(=O)CN(C)C(C)c1cccc(N)c1. The summed E-state index contributed by atoms with van der Waals surface area (Å²) in [6, 6.07) is 7.79. The lowest BCUT2D eigenvalue weighted by molar-refractivity contribution is -0.142. The Morgan fingerprint density at radius 3 is 2.81 bits per heavy atom. The lowest BCUT2D eigenvalue weighted by Crippen LogP contribution is -2.29. The fraction of sp³-hybridized carbons (Fsp3) is 0.417. The lowest BCUT2D eigenvalue weighted by atomic mass is 10.1. The van der Waals surface area contributed by atoms with Crippen molar-refractivity contribution >= 4 is 11.7 Å². The van der Waals surface area contributed by atoms with Gasteiger partial charge in [0.05, 0.1) is 13.7 Å². The molecule has 1 atom stereocenters. The number of carbonyl (C=O) groups is 1. The second-order valence-corrected chi connectivity index (χ2v) is 3.84. The minimum absolute atomic E-state index is 0.127. The molecule has 1 aromatic rings. The summed E-state index contributed by atoms with van der Waals surface area (Å²) in [6.45, 7) is 2.30. The van der Waals surface area contributed by atoms with Crippen LogP contribution in [0.4, 0.5) is 5.69 Å². The van der Waals surface area contributed by atoms with Crippen molar-refractivity contribution in [2.75, 3.05) is 26.4 Å². The van der Waals surface area contributed by atoms with Crippen molar-refractivity contribution < 1.29 is 9.53 Å². The van der Waals surface area contributed by atoms with Crippen LogP contribution >= 0.6 is 0 Å². The molecule has 0 aromatic heterocycles. The molecule has 4 nitrogen and oxygen atoms in total. The van der Waals surface area contributed by atoms with E-state index in [0.717, 1.165) is 11.3 Å². The fourth-order valence-corrected chi connectivity index (χ4v) is 1.48. The molecule has 0 bridgehead atoms. The molecule has 0 aliphatic rings. The normalized spacial score (nSPS) is 12.5. The number of esters is 1. The van der Waals surface area contributed by atoms with Crippen LogP contribution in [0, 0.1) is 0 Å². The Balaban J connectivity index is 2.70. The average Bonchev–Trinajstić information content (AvgIpc) is 2.27. The summed E-state index contributed by atoms with van der Waals surface area (Å²) < 4.78 is 4.63. The van der Waals surface area contributed by atoms with Gasteiger partial charge in [0.25, 0.3) is 0 Å². The topological polar surface area (TPSA) is 55.6 Å². The van der Waals surface area contributed by atoms with E-state index in [1.807, 2.05) is 43.1 Å². The zero-order chi connectivity index (χ0) is 12.1. The van der Waals surface area contributed by atoms with Crippen molar-refractivity contribution in [2.24, 2.45) is 0 Å². The second kappa shape index (κ2) is 5.51. The van der Waals surface area contributed by atoms with Crippen molar-refractivity contribution in [3.8, 4) is 0 Å². The van der Waals surface area contributed by atoms with Gasteiger partial charge in [-0.15, -0.1) is 0 Å². The van der Waals surface area contributed by atoms with E-state index in [9.17, 15) is 4.79 Å². The highest BCUT2D eigenvalue weighted by molar-refractivity contribution is 5.71. The van der Waals surface area contributed by atoms with E-state index in [1.165, 1.54) is 7.11 Å². The molecular formula is C12H18N2O2. The molecule has 0 spiro atoms. The first-order valence-corrected chi connectivity index (χ1v) is 5.17. The van der Waals surface area contributed by atoms with Crippen LogP contribution in [0.15, 0.2) is 24.3 Å². The highest BCUT2D eigenvalue weighted by Gasteiger charge is 2.14. The van der Waals surface area contributed by atoms with Gasteiger partial charge in [-0.2, -0.15) is 0 Å². The number of rotatable bonds is 4. The smallest absolute Gasteiger partial charge is 0.319 e. The molecule has 0 fully saturated rings. The summed E-state index contributed by atoms with van der Waals surface area (Å²) in [6.07, 6.45) is 0. The van der Waals surface area contributed by atoms with Crippen LogP contribution in [0.2, 0.25) is 0 Å². The van der Waals surface area contributed by atoms with Gasteiger partial charge < -0.3 is 10.5 Å². The summed E-state index contributed by atoms with van der Waals surface area (Å²) >= 11 is 0. The molecule has 0 heterocycles. The summed E-state index contributed by atoms with van der Waals surface area (Å²) in [4.78, 5) is 13.1. The first kappa shape index (κ1) is 12.5. The molecule has 4 heteroatoms. The van der Waals surface area contributed by atoms with Gasteiger partial charge in [0.2, 0.25) is 0 Å². The molecule has 1 aromatic carbocycles. The number of hydrogen-bond donors (Lipinski definition) is 1. The minimum atomic E-state index is -0.238. The van der Waals surface area contributed by atoms with Gasteiger partial charge in [0, 0.05) is 11.7 Å². The zero-order valence-corrected chi connectivity index (χ0v) is 9.93. The van der Waals surface area contributed by atoms with Crippen LogP contribution in [0.5, 0.6) is 0 Å². The summed E-state index contributed by atoms with van der Waals surface area (Å²) in [7, 11) is 3.27. The lowest BCUT2D eigenvalue weighted by Gasteiger charge is -2.23. The molecule has 0 saturated carbocycles. The largest absolute Gasteiger partial charge is 0.468 e. The summed E-state index contributed by atoms with van der Waals surface area (Å²) in [5.74, 6) is -0.238. The molecule has 0 saturated heterocycles. The molecular weight excluding hydrogens is 204 g/mol. The average molecular weight is 222 g/mol. The number of benzene rings is 1. The number of hydrogen-bond acceptors (Lipinski definition) is 4. The third-order valence-corrected chi connectivity index (χ3v) is 2.66. The van der Waals surface area contributed by atoms with Crippen LogP contribution in [-0.2, 0) is 9.53 Å². The van der Waals surface area contributed by atoms with Gasteiger partial charge in [0.15, 0.2) is 0 Å². The molecule has 0 radical (unpaired) electrons. The first-order chi connectivity index (χ1) is 7.54. The number of carbonyl (C=O) groups excluding carboxylic acids is 1. The van der Waals surface area contributed by atoms with Crippen LogP contribution in [0.25, 0.3) is 0 Å². The highest BCUT2D eigenvalue weighted by atomic mass is 16.5. The van der Waals surface area contributed by atoms with Crippen LogP contribution in [0.3, 0.4) is 0 Å². The Bertz CT molecular complexity index is 366. The van der Waals surface area contributed by atoms with E-state index in [2.05, 4.69) is 4.74 Å². The number of anilines is 1. The number of methoxy groups -OCH3 is 1. The maximum atomic E-state index is 11.1. The van der Waals surface area contributed by atoms with E-state index in [0.29, 0.717) is 0 Å². The number of ether oxygens (including phenoxy) is 1. The number of nitrogens with zero attached hydrogens (tertiary/aromatic N) is 1. The Labute approximate surface area is 96.0 Å². The maximum absolute atomic E-state index is 11.1. The van der Waals surface area contributed by atoms with Crippen LogP contribution in [0.1, 0.15) is 18.5 Å². The Morgan fingerprint density at radius 1 is 1.56 bits per heavy atom. The Morgan fingerprint density at radius 2 is 2.25 bits per heavy atom. The molecule has 1 rings (SSSR count). The second-order valence-electron chi connectivity index (χ2n) is 3.84. The van der Waals surface area contributed by atoms with E-state index in [-0.39, 0.29) is 18.6 Å². The number of nitrogen functional groups attached to an aromatic ring is 1. The van der Waals surface area contributed by atoms with E-state index >= 15 is 0 Å². The van der Waals surface area contributed by atoms with Gasteiger partial charge in [-0.1, -0.05) is 12.1 Å². The van der Waals surface area contributed by atoms with Gasteiger partial charge in [-0.25, -0.2) is 0 Å². The Hall–Kier alpha value is -1.55. The fourth-order valence-electron chi connectivity index (χ4n) is 1.48. The van der Waals surface area contributed by atoms with Crippen LogP contribution < -0.4 is 5.73 Å². The van der Waals surface area contributed by atoms with Gasteiger partial charge in [-0.05, 0) is 31.7 Å². The van der Waals surface area contributed by atoms with Crippen molar-refractivity contribution in [1.29, 1.82) is 0 Å². The van der Waals surface area contributed by atoms with Crippen molar-refractivity contribution in [3.05, 3.63) is 29.8 Å². The van der Waals surface area contributed by atoms with Crippen molar-refractivity contribution in [3.63, 3.8) is 0 Å². The molecule has 0 aliphatic heterocycles. The van der Waals surface area contributed by atoms with Crippen molar-refractivity contribution in [2.45, 2.75) is 13.0 Å². The van der Waals surface area contributed by atoms with E-state index < -0.39 is 0 Å². The van der Waals surface area contributed by atoms with Crippen LogP contribution in [-0.4, -0.2) is 31.6 Å². The maximum Gasteiger partial charge on any atom is 0.319 e. The Kier molecular flexibility index (Phi) is 4.31. The summed E-state index contributed by atoms with van der Waals surface area (Å²) in [5.41, 5.74) is 7.54. The van der Waals surface area contributed by atoms with Crippen molar-refractivity contribution in [1.82, 2.24) is 4.90 Å². The number of nitrogens with two attached hydrogens (primary N) is 1. The predicted molar refractivity (Wildman–Crippen MR) is 63.9 cm³/mol. The van der Waals surface area contributed by atoms with E-state index in [4.69, 9.17) is 5.73 Å². The highest BCUT2D eigenvalue weighted by Crippen LogP contribution is 2.20. The molecule has 2 N–H and O–H groups in total. The third-order valence-electron chi connectivity index (χ3n) is 2.66. The standard InChI is InChI=1S/C12H18N2O2/c1-9(14(2)8-12(15)16-3)10-5-4-6-11(13)7-10/h4-7,9H,8,13H2,1-3H3. The number of likely N-dealkylation sites (N-methyl/N-ethyl adjacent to an activating group) is 1. The monoisotopic (exact) mass is 222 g/mol. The molecule has 88 valence electrons. The molecule has 1 unspecified atom stereocenters. The zero-order valence-electron chi connectivity index (χ0n) is 9.93. The van der Waals surface area contributed by atoms with Gasteiger partial charge in [0.1, 0.15) is 0 Å². The minimum Gasteiger partial charge on any atom is -0.468 e. The molecule has 16 heavy (non-hydrogen) atoms. The van der Waals surface area contributed by atoms with Gasteiger partial charge in [-0.3, -0.25) is 9.69 Å². The quantitative estimate of drug-likeness (QED) is 0.618. The molecule has 0 aliphatic carbocycles.